The third-order valence-corrected chi connectivity index (χ3v) is 7.65. The van der Waals surface area contributed by atoms with Crippen LogP contribution in [0.3, 0.4) is 0 Å². The molecule has 174 valence electrons. The average molecular weight is 493 g/mol. The molecule has 0 aliphatic rings. The third-order valence-electron chi connectivity index (χ3n) is 4.49. The molecular weight excluding hydrogens is 471 g/mol. The van der Waals surface area contributed by atoms with Crippen LogP contribution < -0.4 is 14.4 Å². The van der Waals surface area contributed by atoms with Crippen molar-refractivity contribution in [1.82, 2.24) is 0 Å². The predicted octanol–water partition coefficient (Wildman–Crippen LogP) is 3.58. The van der Waals surface area contributed by atoms with Crippen LogP contribution in [-0.4, -0.2) is 40.6 Å². The number of hydrogen-bond donors (Lipinski definition) is 1. The summed E-state index contributed by atoms with van der Waals surface area (Å²) in [6.45, 7) is 0.596. The van der Waals surface area contributed by atoms with Gasteiger partial charge in [-0.3, -0.25) is 9.10 Å². The number of esters is 1. The van der Waals surface area contributed by atoms with E-state index in [0.717, 1.165) is 15.6 Å². The topological polar surface area (TPSA) is 102 Å². The number of aryl methyl sites for hydroxylation is 1. The van der Waals surface area contributed by atoms with Gasteiger partial charge in [-0.05, 0) is 60.3 Å². The fourth-order valence-electron chi connectivity index (χ4n) is 2.63. The van der Waals surface area contributed by atoms with Gasteiger partial charge in [0.2, 0.25) is 0 Å². The molecule has 0 unspecified atom stereocenters. The molecule has 0 aliphatic heterocycles. The van der Waals surface area contributed by atoms with E-state index in [0.29, 0.717) is 17.0 Å². The van der Waals surface area contributed by atoms with Crippen LogP contribution in [0.4, 0.5) is 15.8 Å². The van der Waals surface area contributed by atoms with Crippen molar-refractivity contribution >= 4 is 44.6 Å². The highest BCUT2D eigenvalue weighted by Crippen LogP contribution is 2.26. The lowest BCUT2D eigenvalue weighted by molar-refractivity contribution is -0.149. The van der Waals surface area contributed by atoms with Crippen molar-refractivity contribution < 1.29 is 31.9 Å². The predicted molar refractivity (Wildman–Crippen MR) is 123 cm³/mol. The van der Waals surface area contributed by atoms with Crippen molar-refractivity contribution in [2.24, 2.45) is 0 Å². The molecule has 1 N–H and O–H groups in total. The molecule has 0 radical (unpaired) electrons. The molecule has 0 saturated carbocycles. The van der Waals surface area contributed by atoms with Gasteiger partial charge in [-0.25, -0.2) is 17.6 Å². The van der Waals surface area contributed by atoms with E-state index in [1.807, 2.05) is 0 Å². The van der Waals surface area contributed by atoms with Crippen LogP contribution in [0.5, 0.6) is 5.75 Å². The minimum atomic E-state index is -3.65. The minimum absolute atomic E-state index is 0.227. The first kappa shape index (κ1) is 24.2. The Kier molecular flexibility index (Phi) is 7.67. The van der Waals surface area contributed by atoms with E-state index in [1.54, 1.807) is 30.5 Å². The van der Waals surface area contributed by atoms with E-state index in [4.69, 9.17) is 9.47 Å². The fourth-order valence-corrected chi connectivity index (χ4v) is 4.99. The highest BCUT2D eigenvalue weighted by atomic mass is 32.2. The molecule has 0 aliphatic carbocycles. The lowest BCUT2D eigenvalue weighted by atomic mass is 10.2. The van der Waals surface area contributed by atoms with Crippen LogP contribution in [0.15, 0.2) is 64.2 Å². The summed E-state index contributed by atoms with van der Waals surface area (Å²) in [7, 11) is -2.21. The lowest BCUT2D eigenvalue weighted by Crippen LogP contribution is -2.25. The Morgan fingerprint density at radius 2 is 1.82 bits per heavy atom. The van der Waals surface area contributed by atoms with E-state index in [1.165, 1.54) is 43.4 Å². The normalized spacial score (nSPS) is 11.0. The summed E-state index contributed by atoms with van der Waals surface area (Å²) in [4.78, 5) is 23.7. The van der Waals surface area contributed by atoms with Crippen molar-refractivity contribution in [3.63, 3.8) is 0 Å². The van der Waals surface area contributed by atoms with Gasteiger partial charge in [-0.1, -0.05) is 12.1 Å². The zero-order valence-corrected chi connectivity index (χ0v) is 19.4. The molecule has 1 amide bonds. The molecule has 11 heteroatoms. The molecule has 3 rings (SSSR count). The average Bonchev–Trinajstić information content (AvgIpc) is 3.34. The van der Waals surface area contributed by atoms with Crippen LogP contribution in [0.2, 0.25) is 0 Å². The van der Waals surface area contributed by atoms with E-state index in [-0.39, 0.29) is 9.90 Å². The summed E-state index contributed by atoms with van der Waals surface area (Å²) in [5.41, 5.74) is 1.12. The standard InChI is InChI=1S/C22H21FN2O6S2/c1-15-5-6-16(12-19(15)23)24-20(26)13-31-21(27)14-30-18-9-7-17(8-10-18)25(2)33(28,29)22-4-3-11-32-22/h3-12H,13-14H2,1-2H3,(H,24,26). The van der Waals surface area contributed by atoms with Gasteiger partial charge in [0.1, 0.15) is 15.8 Å². The van der Waals surface area contributed by atoms with Crippen molar-refractivity contribution in [1.29, 1.82) is 0 Å². The molecular formula is C22H21FN2O6S2. The van der Waals surface area contributed by atoms with E-state index in [9.17, 15) is 22.4 Å². The number of nitrogens with one attached hydrogen (secondary N) is 1. The number of benzene rings is 2. The van der Waals surface area contributed by atoms with E-state index < -0.39 is 40.9 Å². The summed E-state index contributed by atoms with van der Waals surface area (Å²) < 4.78 is 50.2. The van der Waals surface area contributed by atoms with Gasteiger partial charge in [0, 0.05) is 12.7 Å². The Hall–Kier alpha value is -3.44. The summed E-state index contributed by atoms with van der Waals surface area (Å²) in [6.07, 6.45) is 0. The van der Waals surface area contributed by atoms with Crippen LogP contribution in [0.1, 0.15) is 5.56 Å². The fraction of sp³-hybridized carbons (Fsp3) is 0.182. The first-order valence-electron chi connectivity index (χ1n) is 9.64. The molecule has 0 fully saturated rings. The Bertz CT molecular complexity index is 1230. The van der Waals surface area contributed by atoms with Crippen molar-refractivity contribution in [2.75, 3.05) is 29.9 Å². The molecule has 0 saturated heterocycles. The number of ether oxygens (including phenoxy) is 2. The molecule has 0 spiro atoms. The second-order valence-corrected chi connectivity index (χ2v) is 10.0. The number of halogens is 1. The molecule has 1 aromatic heterocycles. The number of anilines is 2. The second kappa shape index (κ2) is 10.5. The van der Waals surface area contributed by atoms with Gasteiger partial charge in [0.25, 0.3) is 15.9 Å². The summed E-state index contributed by atoms with van der Waals surface area (Å²) in [5, 5.41) is 4.11. The maximum absolute atomic E-state index is 13.5. The van der Waals surface area contributed by atoms with E-state index in [2.05, 4.69) is 5.32 Å². The van der Waals surface area contributed by atoms with Gasteiger partial charge in [-0.2, -0.15) is 0 Å². The largest absolute Gasteiger partial charge is 0.482 e. The van der Waals surface area contributed by atoms with Gasteiger partial charge in [0.05, 0.1) is 5.69 Å². The number of carbonyl (C=O) groups excluding carboxylic acids is 2. The van der Waals surface area contributed by atoms with E-state index >= 15 is 0 Å². The van der Waals surface area contributed by atoms with Crippen LogP contribution >= 0.6 is 11.3 Å². The van der Waals surface area contributed by atoms with Crippen molar-refractivity contribution in [2.45, 2.75) is 11.1 Å². The zero-order chi connectivity index (χ0) is 24.0. The highest BCUT2D eigenvalue weighted by molar-refractivity contribution is 7.94. The molecule has 8 nitrogen and oxygen atoms in total. The van der Waals surface area contributed by atoms with Gasteiger partial charge in [0.15, 0.2) is 13.2 Å². The minimum Gasteiger partial charge on any atom is -0.482 e. The Balaban J connectivity index is 1.46. The Morgan fingerprint density at radius 1 is 1.09 bits per heavy atom. The molecule has 0 atom stereocenters. The molecule has 3 aromatic rings. The van der Waals surface area contributed by atoms with Crippen LogP contribution in [0, 0.1) is 12.7 Å². The molecule has 2 aromatic carbocycles. The number of hydrogen-bond acceptors (Lipinski definition) is 7. The number of amides is 1. The first-order valence-corrected chi connectivity index (χ1v) is 12.0. The second-order valence-electron chi connectivity index (χ2n) is 6.86. The smallest absolute Gasteiger partial charge is 0.344 e. The van der Waals surface area contributed by atoms with Crippen molar-refractivity contribution in [3.05, 3.63) is 71.4 Å². The number of carbonyl (C=O) groups is 2. The first-order chi connectivity index (χ1) is 15.7. The highest BCUT2D eigenvalue weighted by Gasteiger charge is 2.22. The number of thiophene rings is 1. The number of sulfonamides is 1. The van der Waals surface area contributed by atoms with Crippen LogP contribution in [-0.2, 0) is 24.3 Å². The summed E-state index contributed by atoms with van der Waals surface area (Å²) in [5.74, 6) is -1.54. The maximum atomic E-state index is 13.5. The SMILES string of the molecule is Cc1ccc(NC(=O)COC(=O)COc2ccc(N(C)S(=O)(=O)c3cccs3)cc2)cc1F. The summed E-state index contributed by atoms with van der Waals surface area (Å²) >= 11 is 1.12. The molecule has 0 bridgehead atoms. The van der Waals surface area contributed by atoms with Gasteiger partial charge < -0.3 is 14.8 Å². The summed E-state index contributed by atoms with van der Waals surface area (Å²) in [6, 6.07) is 13.5. The maximum Gasteiger partial charge on any atom is 0.344 e. The Labute approximate surface area is 194 Å². The Morgan fingerprint density at radius 3 is 2.45 bits per heavy atom. The van der Waals surface area contributed by atoms with Crippen molar-refractivity contribution in [3.8, 4) is 5.75 Å². The number of nitrogens with zero attached hydrogens (tertiary/aromatic N) is 1. The molecule has 33 heavy (non-hydrogen) atoms. The monoisotopic (exact) mass is 492 g/mol. The zero-order valence-electron chi connectivity index (χ0n) is 17.8. The lowest BCUT2D eigenvalue weighted by Gasteiger charge is -2.18. The third kappa shape index (κ3) is 6.30. The number of rotatable bonds is 9. The molecule has 1 heterocycles. The quantitative estimate of drug-likeness (QED) is 0.458. The van der Waals surface area contributed by atoms with Crippen LogP contribution in [0.25, 0.3) is 0 Å². The van der Waals surface area contributed by atoms with Gasteiger partial charge in [-0.15, -0.1) is 11.3 Å². The van der Waals surface area contributed by atoms with Gasteiger partial charge >= 0.3 is 5.97 Å².